The number of aromatic nitrogens is 2. The van der Waals surface area contributed by atoms with Gasteiger partial charge in [0.25, 0.3) is 0 Å². The molecule has 0 spiro atoms. The number of nitriles is 1. The zero-order valence-electron chi connectivity index (χ0n) is 10.3. The number of carbonyl (C=O) groups is 1. The number of aldehydes is 1. The molecule has 1 aromatic carbocycles. The van der Waals surface area contributed by atoms with Crippen molar-refractivity contribution in [2.45, 2.75) is 6.18 Å². The Morgan fingerprint density at radius 1 is 1.24 bits per heavy atom. The van der Waals surface area contributed by atoms with Crippen LogP contribution in [0.5, 0.6) is 11.8 Å². The molecule has 0 atom stereocenters. The maximum atomic E-state index is 12.9. The van der Waals surface area contributed by atoms with Crippen LogP contribution in [0.1, 0.15) is 21.5 Å². The largest absolute Gasteiger partial charge is 0.424 e. The van der Waals surface area contributed by atoms with Gasteiger partial charge in [0.15, 0.2) is 6.29 Å². The number of alkyl halides is 3. The normalized spacial score (nSPS) is 10.8. The molecule has 0 unspecified atom stereocenters. The van der Waals surface area contributed by atoms with Crippen molar-refractivity contribution in [2.24, 2.45) is 0 Å². The van der Waals surface area contributed by atoms with Gasteiger partial charge in [0.1, 0.15) is 5.75 Å². The Balaban J connectivity index is 2.39. The van der Waals surface area contributed by atoms with Gasteiger partial charge in [-0.05, 0) is 18.2 Å². The molecule has 2 rings (SSSR count). The van der Waals surface area contributed by atoms with Gasteiger partial charge in [-0.15, -0.1) is 0 Å². The SMILES string of the molecule is N#Cc1ccc(Oc2ncc(C=O)cn2)c(C(F)(F)F)c1. The van der Waals surface area contributed by atoms with Crippen molar-refractivity contribution in [2.75, 3.05) is 0 Å². The Bertz CT molecular complexity index is 706. The van der Waals surface area contributed by atoms with E-state index in [0.717, 1.165) is 18.5 Å². The number of ether oxygens (including phenoxy) is 1. The van der Waals surface area contributed by atoms with E-state index < -0.39 is 17.5 Å². The molecule has 1 heterocycles. The molecule has 1 aromatic heterocycles. The maximum absolute atomic E-state index is 12.9. The van der Waals surface area contributed by atoms with Crippen LogP contribution in [0.15, 0.2) is 30.6 Å². The summed E-state index contributed by atoms with van der Waals surface area (Å²) < 4.78 is 43.7. The summed E-state index contributed by atoms with van der Waals surface area (Å²) in [5.41, 5.74) is -1.09. The monoisotopic (exact) mass is 293 g/mol. The van der Waals surface area contributed by atoms with Gasteiger partial charge in [0, 0.05) is 12.4 Å². The van der Waals surface area contributed by atoms with Gasteiger partial charge in [-0.1, -0.05) is 0 Å². The van der Waals surface area contributed by atoms with Crippen LogP contribution in [0.4, 0.5) is 13.2 Å². The standard InChI is InChI=1S/C13H6F3N3O2/c14-13(15,16)10-3-8(4-17)1-2-11(10)21-12-18-5-9(7-20)6-19-12/h1-3,5-7H. The Kier molecular flexibility index (Phi) is 3.84. The number of hydrogen-bond acceptors (Lipinski definition) is 5. The van der Waals surface area contributed by atoms with E-state index in [0.29, 0.717) is 12.4 Å². The molecule has 21 heavy (non-hydrogen) atoms. The third-order valence-electron chi connectivity index (χ3n) is 2.40. The van der Waals surface area contributed by atoms with Crippen molar-refractivity contribution >= 4 is 6.29 Å². The number of carbonyl (C=O) groups excluding carboxylic acids is 1. The van der Waals surface area contributed by atoms with Crippen LogP contribution in [0.25, 0.3) is 0 Å². The summed E-state index contributed by atoms with van der Waals surface area (Å²) in [5.74, 6) is -0.527. The average Bonchev–Trinajstić information content (AvgIpc) is 2.47. The summed E-state index contributed by atoms with van der Waals surface area (Å²) in [5, 5.41) is 8.65. The lowest BCUT2D eigenvalue weighted by Gasteiger charge is -2.12. The Morgan fingerprint density at radius 2 is 1.90 bits per heavy atom. The van der Waals surface area contributed by atoms with Gasteiger partial charge in [-0.3, -0.25) is 4.79 Å². The van der Waals surface area contributed by atoms with Crippen molar-refractivity contribution in [3.63, 3.8) is 0 Å². The van der Waals surface area contributed by atoms with Gasteiger partial charge in [0.2, 0.25) is 0 Å². The molecule has 0 bridgehead atoms. The topological polar surface area (TPSA) is 75.9 Å². The van der Waals surface area contributed by atoms with E-state index in [4.69, 9.17) is 10.00 Å². The summed E-state index contributed by atoms with van der Waals surface area (Å²) in [6.07, 6.45) is -1.96. The van der Waals surface area contributed by atoms with Crippen LogP contribution < -0.4 is 4.74 Å². The predicted molar refractivity (Wildman–Crippen MR) is 63.7 cm³/mol. The number of rotatable bonds is 3. The van der Waals surface area contributed by atoms with Crippen LogP contribution in [0.3, 0.4) is 0 Å². The zero-order chi connectivity index (χ0) is 15.5. The number of nitrogens with zero attached hydrogens (tertiary/aromatic N) is 3. The minimum absolute atomic E-state index is 0.146. The van der Waals surface area contributed by atoms with Gasteiger partial charge < -0.3 is 4.74 Å². The number of benzene rings is 1. The van der Waals surface area contributed by atoms with E-state index in [1.807, 2.05) is 0 Å². The summed E-state index contributed by atoms with van der Waals surface area (Å²) >= 11 is 0. The van der Waals surface area contributed by atoms with Gasteiger partial charge in [-0.25, -0.2) is 9.97 Å². The first kappa shape index (κ1) is 14.5. The first-order valence-corrected chi connectivity index (χ1v) is 5.50. The summed E-state index contributed by atoms with van der Waals surface area (Å²) in [6, 6.07) is 4.16. The molecular weight excluding hydrogens is 287 g/mol. The fourth-order valence-corrected chi connectivity index (χ4v) is 1.45. The Hall–Kier alpha value is -2.95. The van der Waals surface area contributed by atoms with Crippen molar-refractivity contribution < 1.29 is 22.7 Å². The number of hydrogen-bond donors (Lipinski definition) is 0. The lowest BCUT2D eigenvalue weighted by atomic mass is 10.1. The predicted octanol–water partition coefficient (Wildman–Crippen LogP) is 2.97. The van der Waals surface area contributed by atoms with Crippen molar-refractivity contribution in [1.29, 1.82) is 5.26 Å². The molecule has 0 N–H and O–H groups in total. The molecule has 0 aliphatic carbocycles. The molecule has 8 heteroatoms. The van der Waals surface area contributed by atoms with Crippen molar-refractivity contribution in [1.82, 2.24) is 9.97 Å². The lowest BCUT2D eigenvalue weighted by molar-refractivity contribution is -0.138. The van der Waals surface area contributed by atoms with E-state index in [9.17, 15) is 18.0 Å². The smallest absolute Gasteiger partial charge is 0.420 e. The van der Waals surface area contributed by atoms with E-state index in [1.165, 1.54) is 6.07 Å². The highest BCUT2D eigenvalue weighted by molar-refractivity contribution is 5.73. The first-order valence-electron chi connectivity index (χ1n) is 5.50. The minimum atomic E-state index is -4.69. The van der Waals surface area contributed by atoms with Crippen LogP contribution in [-0.2, 0) is 6.18 Å². The fraction of sp³-hybridized carbons (Fsp3) is 0.0769. The molecule has 106 valence electrons. The second-order valence-electron chi connectivity index (χ2n) is 3.84. The van der Waals surface area contributed by atoms with Crippen molar-refractivity contribution in [3.8, 4) is 17.8 Å². The maximum Gasteiger partial charge on any atom is 0.420 e. The second kappa shape index (κ2) is 5.58. The highest BCUT2D eigenvalue weighted by atomic mass is 19.4. The first-order chi connectivity index (χ1) is 9.94. The molecule has 0 saturated heterocycles. The quantitative estimate of drug-likeness (QED) is 0.813. The van der Waals surface area contributed by atoms with E-state index >= 15 is 0 Å². The van der Waals surface area contributed by atoms with Crippen molar-refractivity contribution in [3.05, 3.63) is 47.3 Å². The van der Waals surface area contributed by atoms with Gasteiger partial charge in [-0.2, -0.15) is 18.4 Å². The lowest BCUT2D eigenvalue weighted by Crippen LogP contribution is -2.08. The van der Waals surface area contributed by atoms with E-state index in [-0.39, 0.29) is 17.1 Å². The van der Waals surface area contributed by atoms with Gasteiger partial charge in [0.05, 0.1) is 22.8 Å². The Morgan fingerprint density at radius 3 is 2.43 bits per heavy atom. The second-order valence-corrected chi connectivity index (χ2v) is 3.84. The van der Waals surface area contributed by atoms with Crippen LogP contribution >= 0.6 is 0 Å². The molecule has 2 aromatic rings. The molecule has 5 nitrogen and oxygen atoms in total. The third kappa shape index (κ3) is 3.33. The third-order valence-corrected chi connectivity index (χ3v) is 2.40. The van der Waals surface area contributed by atoms with Crippen LogP contribution in [0, 0.1) is 11.3 Å². The van der Waals surface area contributed by atoms with Crippen LogP contribution in [0.2, 0.25) is 0 Å². The molecule has 0 saturated carbocycles. The summed E-state index contributed by atoms with van der Waals surface area (Å²) in [6.45, 7) is 0. The molecule has 0 aliphatic heterocycles. The molecule has 0 amide bonds. The summed E-state index contributed by atoms with van der Waals surface area (Å²) in [4.78, 5) is 17.7. The van der Waals surface area contributed by atoms with E-state index in [2.05, 4.69) is 9.97 Å². The van der Waals surface area contributed by atoms with E-state index in [1.54, 1.807) is 6.07 Å². The molecular formula is C13H6F3N3O2. The summed E-state index contributed by atoms with van der Waals surface area (Å²) in [7, 11) is 0. The molecule has 0 radical (unpaired) electrons. The fourth-order valence-electron chi connectivity index (χ4n) is 1.45. The molecule has 0 aliphatic rings. The highest BCUT2D eigenvalue weighted by Gasteiger charge is 2.35. The number of halogens is 3. The van der Waals surface area contributed by atoms with Crippen LogP contribution in [-0.4, -0.2) is 16.3 Å². The average molecular weight is 293 g/mol. The zero-order valence-corrected chi connectivity index (χ0v) is 10.3. The Labute approximate surface area is 116 Å². The highest BCUT2D eigenvalue weighted by Crippen LogP contribution is 2.38. The molecule has 0 fully saturated rings. The van der Waals surface area contributed by atoms with Gasteiger partial charge >= 0.3 is 12.2 Å². The minimum Gasteiger partial charge on any atom is -0.424 e.